The number of aryl methyl sites for hydroxylation is 1. The number of likely N-dealkylation sites (tertiary alicyclic amines) is 1. The van der Waals surface area contributed by atoms with E-state index in [9.17, 15) is 18.0 Å². The Morgan fingerprint density at radius 2 is 1.91 bits per heavy atom. The maximum atomic E-state index is 14.2. The van der Waals surface area contributed by atoms with Crippen LogP contribution >= 0.6 is 0 Å². The van der Waals surface area contributed by atoms with Crippen LogP contribution in [0.4, 0.5) is 18.0 Å². The van der Waals surface area contributed by atoms with Crippen molar-refractivity contribution in [1.82, 2.24) is 29.7 Å². The SMILES string of the molecule is Cn1nccc1-c1ncc(F)c(OC2CN(C(=O)N3N=CCC3c3cc(F)cc(F)c3)C2)n1. The lowest BCUT2D eigenvalue weighted by molar-refractivity contribution is 0.0230. The van der Waals surface area contributed by atoms with Crippen LogP contribution in [0.25, 0.3) is 11.5 Å². The van der Waals surface area contributed by atoms with Gasteiger partial charge in [-0.2, -0.15) is 19.6 Å². The van der Waals surface area contributed by atoms with E-state index in [1.54, 1.807) is 24.0 Å². The lowest BCUT2D eigenvalue weighted by atomic mass is 10.0. The van der Waals surface area contributed by atoms with Gasteiger partial charge in [-0.25, -0.2) is 23.6 Å². The number of hydrogen-bond acceptors (Lipinski definition) is 6. The molecule has 1 saturated heterocycles. The number of rotatable bonds is 4. The van der Waals surface area contributed by atoms with Crippen molar-refractivity contribution < 1.29 is 22.7 Å². The first kappa shape index (κ1) is 20.9. The van der Waals surface area contributed by atoms with Gasteiger partial charge in [-0.1, -0.05) is 0 Å². The van der Waals surface area contributed by atoms with Gasteiger partial charge in [-0.3, -0.25) is 4.68 Å². The Morgan fingerprint density at radius 3 is 2.61 bits per heavy atom. The van der Waals surface area contributed by atoms with E-state index < -0.39 is 35.6 Å². The molecule has 0 saturated carbocycles. The first-order chi connectivity index (χ1) is 15.9. The summed E-state index contributed by atoms with van der Waals surface area (Å²) in [7, 11) is 1.71. The summed E-state index contributed by atoms with van der Waals surface area (Å²) in [6, 6.07) is 3.79. The molecule has 4 heterocycles. The summed E-state index contributed by atoms with van der Waals surface area (Å²) in [5, 5.41) is 9.30. The minimum absolute atomic E-state index is 0.180. The fraction of sp³-hybridized carbons (Fsp3) is 0.286. The molecule has 0 bridgehead atoms. The number of hydrazone groups is 1. The molecule has 1 unspecified atom stereocenters. The fourth-order valence-corrected chi connectivity index (χ4v) is 3.77. The number of aromatic nitrogens is 4. The van der Waals surface area contributed by atoms with Gasteiger partial charge in [-0.05, 0) is 23.8 Å². The molecule has 1 atom stereocenters. The van der Waals surface area contributed by atoms with Gasteiger partial charge >= 0.3 is 6.03 Å². The van der Waals surface area contributed by atoms with E-state index >= 15 is 0 Å². The molecule has 2 aromatic heterocycles. The normalized spacial score (nSPS) is 18.0. The second kappa shape index (κ2) is 8.19. The third-order valence-electron chi connectivity index (χ3n) is 5.45. The standard InChI is InChI=1S/C21H18F3N7O2/c1-29-18(3-4-26-29)19-25-9-16(24)20(28-19)33-15-10-30(11-15)21(32)31-17(2-5-27-31)12-6-13(22)8-14(23)7-12/h3-9,15,17H,2,10-11H2,1H3. The number of urea groups is 1. The van der Waals surface area contributed by atoms with E-state index in [1.165, 1.54) is 28.3 Å². The van der Waals surface area contributed by atoms with Crippen LogP contribution in [0.15, 0.2) is 41.8 Å². The monoisotopic (exact) mass is 457 g/mol. The molecule has 0 N–H and O–H groups in total. The van der Waals surface area contributed by atoms with Gasteiger partial charge in [0.2, 0.25) is 5.82 Å². The van der Waals surface area contributed by atoms with Crippen LogP contribution in [0, 0.1) is 17.5 Å². The highest BCUT2D eigenvalue weighted by molar-refractivity contribution is 5.79. The molecule has 5 rings (SSSR count). The molecule has 0 spiro atoms. The van der Waals surface area contributed by atoms with Crippen LogP contribution in [-0.2, 0) is 7.05 Å². The van der Waals surface area contributed by atoms with Crippen LogP contribution in [0.1, 0.15) is 18.0 Å². The second-order valence-electron chi connectivity index (χ2n) is 7.71. The van der Waals surface area contributed by atoms with Crippen molar-refractivity contribution in [1.29, 1.82) is 0 Å². The lowest BCUT2D eigenvalue weighted by Crippen LogP contribution is -2.59. The molecule has 0 aliphatic carbocycles. The Kier molecular flexibility index (Phi) is 5.19. The molecule has 2 amide bonds. The van der Waals surface area contributed by atoms with Gasteiger partial charge in [0.25, 0.3) is 5.88 Å². The average Bonchev–Trinajstić information content (AvgIpc) is 3.39. The molecule has 1 fully saturated rings. The number of carbonyl (C=O) groups is 1. The highest BCUT2D eigenvalue weighted by Gasteiger charge is 2.39. The van der Waals surface area contributed by atoms with Gasteiger partial charge in [0.1, 0.15) is 23.4 Å². The summed E-state index contributed by atoms with van der Waals surface area (Å²) >= 11 is 0. The molecule has 1 aromatic carbocycles. The van der Waals surface area contributed by atoms with E-state index in [4.69, 9.17) is 4.74 Å². The van der Waals surface area contributed by atoms with E-state index in [0.717, 1.165) is 12.3 Å². The van der Waals surface area contributed by atoms with Crippen LogP contribution in [0.5, 0.6) is 5.88 Å². The average molecular weight is 457 g/mol. The van der Waals surface area contributed by atoms with Crippen molar-refractivity contribution in [3.05, 3.63) is 59.7 Å². The maximum absolute atomic E-state index is 14.2. The summed E-state index contributed by atoms with van der Waals surface area (Å²) in [6.45, 7) is 0.360. The van der Waals surface area contributed by atoms with Crippen molar-refractivity contribution in [2.24, 2.45) is 12.1 Å². The van der Waals surface area contributed by atoms with E-state index in [-0.39, 0.29) is 24.8 Å². The third-order valence-corrected chi connectivity index (χ3v) is 5.45. The van der Waals surface area contributed by atoms with Gasteiger partial charge in [0.15, 0.2) is 5.82 Å². The van der Waals surface area contributed by atoms with Crippen molar-refractivity contribution in [2.45, 2.75) is 18.6 Å². The molecule has 2 aliphatic rings. The first-order valence-electron chi connectivity index (χ1n) is 10.1. The zero-order chi connectivity index (χ0) is 23.1. The Labute approximate surface area is 186 Å². The van der Waals surface area contributed by atoms with E-state index in [0.29, 0.717) is 17.7 Å². The van der Waals surface area contributed by atoms with Gasteiger partial charge in [0, 0.05) is 31.9 Å². The number of benzene rings is 1. The van der Waals surface area contributed by atoms with Crippen LogP contribution < -0.4 is 4.74 Å². The highest BCUT2D eigenvalue weighted by Crippen LogP contribution is 2.31. The Bertz CT molecular complexity index is 1220. The second-order valence-corrected chi connectivity index (χ2v) is 7.71. The molecule has 12 heteroatoms. The van der Waals surface area contributed by atoms with E-state index in [2.05, 4.69) is 20.2 Å². The maximum Gasteiger partial charge on any atom is 0.341 e. The Hall–Kier alpha value is -3.96. The van der Waals surface area contributed by atoms with Crippen molar-refractivity contribution in [3.63, 3.8) is 0 Å². The smallest absolute Gasteiger partial charge is 0.341 e. The Morgan fingerprint density at radius 1 is 1.15 bits per heavy atom. The molecule has 170 valence electrons. The van der Waals surface area contributed by atoms with Crippen LogP contribution in [0.2, 0.25) is 0 Å². The number of amides is 2. The third kappa shape index (κ3) is 3.99. The number of hydrogen-bond donors (Lipinski definition) is 0. The summed E-state index contributed by atoms with van der Waals surface area (Å²) in [4.78, 5) is 22.4. The summed E-state index contributed by atoms with van der Waals surface area (Å²) in [5.74, 6) is -2.12. The van der Waals surface area contributed by atoms with E-state index in [1.807, 2.05) is 0 Å². The minimum atomic E-state index is -0.723. The largest absolute Gasteiger partial charge is 0.468 e. The fourth-order valence-electron chi connectivity index (χ4n) is 3.77. The van der Waals surface area contributed by atoms with Gasteiger partial charge in [-0.15, -0.1) is 0 Å². The summed E-state index contributed by atoms with van der Waals surface area (Å²) < 4.78 is 48.6. The van der Waals surface area contributed by atoms with Crippen molar-refractivity contribution in [2.75, 3.05) is 13.1 Å². The van der Waals surface area contributed by atoms with Gasteiger partial charge < -0.3 is 9.64 Å². The Balaban J connectivity index is 1.24. The molecule has 33 heavy (non-hydrogen) atoms. The predicted octanol–water partition coefficient (Wildman–Crippen LogP) is 2.91. The predicted molar refractivity (Wildman–Crippen MR) is 110 cm³/mol. The molecular formula is C21H18F3N7O2. The van der Waals surface area contributed by atoms with Crippen molar-refractivity contribution >= 4 is 12.2 Å². The number of carbonyl (C=O) groups excluding carboxylic acids is 1. The molecule has 3 aromatic rings. The molecule has 2 aliphatic heterocycles. The number of halogens is 3. The summed E-state index contributed by atoms with van der Waals surface area (Å²) in [6.07, 6.45) is 3.98. The zero-order valence-corrected chi connectivity index (χ0v) is 17.4. The van der Waals surface area contributed by atoms with Gasteiger partial charge in [0.05, 0.1) is 25.3 Å². The molecular weight excluding hydrogens is 439 g/mol. The lowest BCUT2D eigenvalue weighted by Gasteiger charge is -2.40. The number of ether oxygens (including phenoxy) is 1. The molecule has 0 radical (unpaired) electrons. The van der Waals surface area contributed by atoms with Crippen LogP contribution in [0.3, 0.4) is 0 Å². The highest BCUT2D eigenvalue weighted by atomic mass is 19.1. The quantitative estimate of drug-likeness (QED) is 0.601. The topological polar surface area (TPSA) is 88.7 Å². The first-order valence-corrected chi connectivity index (χ1v) is 10.1. The van der Waals surface area contributed by atoms with Crippen LogP contribution in [-0.4, -0.2) is 61.1 Å². The van der Waals surface area contributed by atoms with Crippen molar-refractivity contribution in [3.8, 4) is 17.4 Å². The summed E-state index contributed by atoms with van der Waals surface area (Å²) in [5.41, 5.74) is 0.911. The number of nitrogens with zero attached hydrogens (tertiary/aromatic N) is 7. The molecule has 9 nitrogen and oxygen atoms in total. The zero-order valence-electron chi connectivity index (χ0n) is 17.4. The minimum Gasteiger partial charge on any atom is -0.468 e.